The monoisotopic (exact) mass is 328 g/mol. The lowest BCUT2D eigenvalue weighted by Gasteiger charge is -2.20. The highest BCUT2D eigenvalue weighted by Gasteiger charge is 2.14. The number of rotatable bonds is 6. The SMILES string of the molecule is CC(=O)N(CC(=O)NCc1ccc(F)cc1)Cc1ccc(C)cc1. The zero-order chi connectivity index (χ0) is 17.5. The lowest BCUT2D eigenvalue weighted by Crippen LogP contribution is -2.39. The van der Waals surface area contributed by atoms with Gasteiger partial charge in [-0.1, -0.05) is 42.0 Å². The van der Waals surface area contributed by atoms with Crippen LogP contribution >= 0.6 is 0 Å². The summed E-state index contributed by atoms with van der Waals surface area (Å²) in [6.07, 6.45) is 0. The minimum absolute atomic E-state index is 0.00952. The summed E-state index contributed by atoms with van der Waals surface area (Å²) in [6, 6.07) is 13.8. The zero-order valence-corrected chi connectivity index (χ0v) is 13.9. The van der Waals surface area contributed by atoms with E-state index in [1.54, 1.807) is 12.1 Å². The number of halogens is 1. The maximum atomic E-state index is 12.8. The van der Waals surface area contributed by atoms with Crippen LogP contribution in [0.4, 0.5) is 4.39 Å². The van der Waals surface area contributed by atoms with E-state index in [-0.39, 0.29) is 24.2 Å². The molecule has 0 aliphatic heterocycles. The largest absolute Gasteiger partial charge is 0.350 e. The Hall–Kier alpha value is -2.69. The van der Waals surface area contributed by atoms with Crippen molar-refractivity contribution in [3.63, 3.8) is 0 Å². The molecule has 2 rings (SSSR count). The van der Waals surface area contributed by atoms with Crippen molar-refractivity contribution in [1.29, 1.82) is 0 Å². The van der Waals surface area contributed by atoms with Gasteiger partial charge in [-0.25, -0.2) is 4.39 Å². The van der Waals surface area contributed by atoms with E-state index < -0.39 is 0 Å². The molecular weight excluding hydrogens is 307 g/mol. The van der Waals surface area contributed by atoms with Crippen LogP contribution in [0.25, 0.3) is 0 Å². The number of carbonyl (C=O) groups is 2. The van der Waals surface area contributed by atoms with Crippen LogP contribution in [0.1, 0.15) is 23.6 Å². The molecule has 0 unspecified atom stereocenters. The van der Waals surface area contributed by atoms with E-state index >= 15 is 0 Å². The number of hydrogen-bond acceptors (Lipinski definition) is 2. The molecule has 0 aromatic heterocycles. The number of benzene rings is 2. The van der Waals surface area contributed by atoms with Crippen LogP contribution in [0.15, 0.2) is 48.5 Å². The topological polar surface area (TPSA) is 49.4 Å². The minimum Gasteiger partial charge on any atom is -0.350 e. The number of hydrogen-bond donors (Lipinski definition) is 1. The van der Waals surface area contributed by atoms with Crippen molar-refractivity contribution in [2.24, 2.45) is 0 Å². The summed E-state index contributed by atoms with van der Waals surface area (Å²) in [5, 5.41) is 2.74. The molecule has 0 radical (unpaired) electrons. The predicted octanol–water partition coefficient (Wildman–Crippen LogP) is 2.80. The highest BCUT2D eigenvalue weighted by Crippen LogP contribution is 2.07. The van der Waals surface area contributed by atoms with Crippen molar-refractivity contribution >= 4 is 11.8 Å². The van der Waals surface area contributed by atoms with E-state index in [1.165, 1.54) is 24.0 Å². The number of carbonyl (C=O) groups excluding carboxylic acids is 2. The van der Waals surface area contributed by atoms with Gasteiger partial charge >= 0.3 is 0 Å². The summed E-state index contributed by atoms with van der Waals surface area (Å²) in [6.45, 7) is 4.12. The van der Waals surface area contributed by atoms with Crippen molar-refractivity contribution in [2.75, 3.05) is 6.54 Å². The molecular formula is C19H21FN2O2. The van der Waals surface area contributed by atoms with Gasteiger partial charge < -0.3 is 10.2 Å². The zero-order valence-electron chi connectivity index (χ0n) is 13.9. The third-order valence-electron chi connectivity index (χ3n) is 3.68. The predicted molar refractivity (Wildman–Crippen MR) is 90.5 cm³/mol. The fourth-order valence-electron chi connectivity index (χ4n) is 2.22. The summed E-state index contributed by atoms with van der Waals surface area (Å²) in [4.78, 5) is 25.3. The van der Waals surface area contributed by atoms with E-state index in [0.717, 1.165) is 16.7 Å². The molecule has 4 nitrogen and oxygen atoms in total. The first-order valence-electron chi connectivity index (χ1n) is 7.76. The third kappa shape index (κ3) is 5.50. The number of nitrogens with zero attached hydrogens (tertiary/aromatic N) is 1. The first-order valence-corrected chi connectivity index (χ1v) is 7.76. The summed E-state index contributed by atoms with van der Waals surface area (Å²) >= 11 is 0. The third-order valence-corrected chi connectivity index (χ3v) is 3.68. The van der Waals surface area contributed by atoms with E-state index in [9.17, 15) is 14.0 Å². The Morgan fingerprint density at radius 1 is 1.00 bits per heavy atom. The summed E-state index contributed by atoms with van der Waals surface area (Å²) < 4.78 is 12.8. The summed E-state index contributed by atoms with van der Waals surface area (Å²) in [7, 11) is 0. The van der Waals surface area contributed by atoms with Gasteiger partial charge in [0.2, 0.25) is 11.8 Å². The van der Waals surface area contributed by atoms with Crippen molar-refractivity contribution in [3.05, 3.63) is 71.0 Å². The molecule has 24 heavy (non-hydrogen) atoms. The normalized spacial score (nSPS) is 10.3. The Balaban J connectivity index is 1.89. The summed E-state index contributed by atoms with van der Waals surface area (Å²) in [5.74, 6) is -0.722. The van der Waals surface area contributed by atoms with Gasteiger partial charge in [-0.05, 0) is 30.2 Å². The molecule has 0 saturated carbocycles. The second kappa shape index (κ2) is 8.24. The van der Waals surface area contributed by atoms with Gasteiger partial charge in [0.1, 0.15) is 5.82 Å². The van der Waals surface area contributed by atoms with Crippen molar-refractivity contribution in [3.8, 4) is 0 Å². The first-order chi connectivity index (χ1) is 11.4. The molecule has 2 aromatic carbocycles. The van der Waals surface area contributed by atoms with Crippen LogP contribution in [0, 0.1) is 12.7 Å². The Labute approximate surface area is 141 Å². The molecule has 2 aromatic rings. The van der Waals surface area contributed by atoms with E-state index in [0.29, 0.717) is 13.1 Å². The van der Waals surface area contributed by atoms with Crippen LogP contribution in [0.5, 0.6) is 0 Å². The lowest BCUT2D eigenvalue weighted by atomic mass is 10.1. The molecule has 0 saturated heterocycles. The van der Waals surface area contributed by atoms with Crippen LogP contribution < -0.4 is 5.32 Å². The van der Waals surface area contributed by atoms with Gasteiger partial charge in [-0.15, -0.1) is 0 Å². The molecule has 0 bridgehead atoms. The Kier molecular flexibility index (Phi) is 6.07. The Morgan fingerprint density at radius 2 is 1.58 bits per heavy atom. The Bertz CT molecular complexity index is 696. The quantitative estimate of drug-likeness (QED) is 0.886. The highest BCUT2D eigenvalue weighted by atomic mass is 19.1. The molecule has 1 N–H and O–H groups in total. The van der Waals surface area contributed by atoms with Crippen molar-refractivity contribution in [2.45, 2.75) is 26.9 Å². The van der Waals surface area contributed by atoms with Crippen LogP contribution in [-0.4, -0.2) is 23.3 Å². The highest BCUT2D eigenvalue weighted by molar-refractivity contribution is 5.83. The molecule has 0 heterocycles. The molecule has 0 aliphatic carbocycles. The van der Waals surface area contributed by atoms with Crippen LogP contribution in [0.2, 0.25) is 0 Å². The van der Waals surface area contributed by atoms with Crippen molar-refractivity contribution in [1.82, 2.24) is 10.2 Å². The molecule has 0 spiro atoms. The number of aryl methyl sites for hydroxylation is 1. The number of nitrogens with one attached hydrogen (secondary N) is 1. The molecule has 0 atom stereocenters. The first kappa shape index (κ1) is 17.7. The van der Waals surface area contributed by atoms with E-state index in [1.807, 2.05) is 31.2 Å². The maximum Gasteiger partial charge on any atom is 0.239 e. The summed E-state index contributed by atoms with van der Waals surface area (Å²) in [5.41, 5.74) is 2.92. The average molecular weight is 328 g/mol. The van der Waals surface area contributed by atoms with Gasteiger partial charge in [0.15, 0.2) is 0 Å². The van der Waals surface area contributed by atoms with Crippen LogP contribution in [0.3, 0.4) is 0 Å². The fraction of sp³-hybridized carbons (Fsp3) is 0.263. The standard InChI is InChI=1S/C19H21FN2O2/c1-14-3-5-17(6-4-14)12-22(15(2)23)13-19(24)21-11-16-7-9-18(20)10-8-16/h3-10H,11-13H2,1-2H3,(H,21,24). The second-order valence-electron chi connectivity index (χ2n) is 5.76. The fourth-order valence-corrected chi connectivity index (χ4v) is 2.22. The average Bonchev–Trinajstić information content (AvgIpc) is 2.55. The molecule has 126 valence electrons. The van der Waals surface area contributed by atoms with Gasteiger partial charge in [0.05, 0.1) is 6.54 Å². The molecule has 5 heteroatoms. The molecule has 0 aliphatic rings. The van der Waals surface area contributed by atoms with E-state index in [4.69, 9.17) is 0 Å². The van der Waals surface area contributed by atoms with Gasteiger partial charge in [-0.3, -0.25) is 9.59 Å². The lowest BCUT2D eigenvalue weighted by molar-refractivity contribution is -0.135. The molecule has 0 fully saturated rings. The van der Waals surface area contributed by atoms with Crippen LogP contribution in [-0.2, 0) is 22.7 Å². The van der Waals surface area contributed by atoms with Gasteiger partial charge in [0, 0.05) is 20.0 Å². The smallest absolute Gasteiger partial charge is 0.239 e. The minimum atomic E-state index is -0.314. The van der Waals surface area contributed by atoms with Gasteiger partial charge in [0.25, 0.3) is 0 Å². The molecule has 2 amide bonds. The number of amides is 2. The van der Waals surface area contributed by atoms with E-state index in [2.05, 4.69) is 5.32 Å². The van der Waals surface area contributed by atoms with Crippen molar-refractivity contribution < 1.29 is 14.0 Å². The van der Waals surface area contributed by atoms with Gasteiger partial charge in [-0.2, -0.15) is 0 Å². The maximum absolute atomic E-state index is 12.8. The Morgan fingerprint density at radius 3 is 2.17 bits per heavy atom. The second-order valence-corrected chi connectivity index (χ2v) is 5.76.